The first-order chi connectivity index (χ1) is 8.61. The summed E-state index contributed by atoms with van der Waals surface area (Å²) < 4.78 is 5.62. The third-order valence-electron chi connectivity index (χ3n) is 2.45. The Labute approximate surface area is 109 Å². The van der Waals surface area contributed by atoms with Crippen molar-refractivity contribution in [3.05, 3.63) is 24.3 Å². The molecule has 3 N–H and O–H groups in total. The Hall–Kier alpha value is -1.55. The minimum atomic E-state index is -0.0724. The zero-order valence-electron chi connectivity index (χ0n) is 11.1. The fraction of sp³-hybridized carbons (Fsp3) is 0.500. The van der Waals surface area contributed by atoms with Crippen LogP contribution in [0.2, 0.25) is 0 Å². The highest BCUT2D eigenvalue weighted by molar-refractivity contribution is 5.90. The quantitative estimate of drug-likeness (QED) is 0.781. The summed E-state index contributed by atoms with van der Waals surface area (Å²) in [6, 6.07) is 7.42. The van der Waals surface area contributed by atoms with Gasteiger partial charge in [-0.1, -0.05) is 19.9 Å². The van der Waals surface area contributed by atoms with Crippen LogP contribution in [-0.2, 0) is 4.79 Å². The Bertz CT molecular complexity index is 378. The number of rotatable bonds is 7. The molecule has 0 bridgehead atoms. The van der Waals surface area contributed by atoms with Gasteiger partial charge in [-0.2, -0.15) is 0 Å². The Balaban J connectivity index is 2.48. The lowest BCUT2D eigenvalue weighted by Crippen LogP contribution is -2.16. The van der Waals surface area contributed by atoms with Gasteiger partial charge in [-0.05, 0) is 24.5 Å². The van der Waals surface area contributed by atoms with Crippen LogP contribution >= 0.6 is 0 Å². The van der Waals surface area contributed by atoms with Gasteiger partial charge in [0.15, 0.2) is 0 Å². The topological polar surface area (TPSA) is 64.3 Å². The lowest BCUT2D eigenvalue weighted by Gasteiger charge is -2.10. The van der Waals surface area contributed by atoms with Crippen LogP contribution in [0.3, 0.4) is 0 Å². The number of anilines is 1. The summed E-state index contributed by atoms with van der Waals surface area (Å²) in [6.07, 6.45) is 1.35. The maximum absolute atomic E-state index is 11.4. The Morgan fingerprint density at radius 1 is 1.44 bits per heavy atom. The van der Waals surface area contributed by atoms with E-state index in [9.17, 15) is 4.79 Å². The standard InChI is InChI=1S/C14H22N2O2/c1-11(2)7-9-18-13-5-3-4-12(10-13)16-14(17)6-8-15/h3-5,10-11H,6-9,15H2,1-2H3,(H,16,17). The molecule has 0 heterocycles. The predicted octanol–water partition coefficient (Wildman–Crippen LogP) is 2.40. The van der Waals surface area contributed by atoms with Crippen LogP contribution in [0, 0.1) is 5.92 Å². The second kappa shape index (κ2) is 7.71. The molecule has 0 atom stereocenters. The molecule has 0 spiro atoms. The molecular formula is C14H22N2O2. The van der Waals surface area contributed by atoms with Crippen molar-refractivity contribution < 1.29 is 9.53 Å². The molecule has 18 heavy (non-hydrogen) atoms. The van der Waals surface area contributed by atoms with Crippen molar-refractivity contribution in [3.8, 4) is 5.75 Å². The predicted molar refractivity (Wildman–Crippen MR) is 73.7 cm³/mol. The van der Waals surface area contributed by atoms with Crippen molar-refractivity contribution in [3.63, 3.8) is 0 Å². The monoisotopic (exact) mass is 250 g/mol. The van der Waals surface area contributed by atoms with Crippen LogP contribution in [0.15, 0.2) is 24.3 Å². The minimum Gasteiger partial charge on any atom is -0.494 e. The second-order valence-corrected chi connectivity index (χ2v) is 4.65. The van der Waals surface area contributed by atoms with Crippen molar-refractivity contribution in [2.45, 2.75) is 26.7 Å². The second-order valence-electron chi connectivity index (χ2n) is 4.65. The van der Waals surface area contributed by atoms with Crippen molar-refractivity contribution in [2.24, 2.45) is 11.7 Å². The van der Waals surface area contributed by atoms with E-state index in [1.165, 1.54) is 0 Å². The molecule has 0 unspecified atom stereocenters. The smallest absolute Gasteiger partial charge is 0.225 e. The highest BCUT2D eigenvalue weighted by Crippen LogP contribution is 2.18. The first-order valence-corrected chi connectivity index (χ1v) is 6.34. The molecule has 0 aliphatic carbocycles. The first kappa shape index (κ1) is 14.5. The van der Waals surface area contributed by atoms with Gasteiger partial charge in [-0.15, -0.1) is 0 Å². The van der Waals surface area contributed by atoms with Gasteiger partial charge in [0.05, 0.1) is 6.61 Å². The number of benzene rings is 1. The van der Waals surface area contributed by atoms with Crippen LogP contribution in [-0.4, -0.2) is 19.1 Å². The van der Waals surface area contributed by atoms with Gasteiger partial charge >= 0.3 is 0 Å². The molecule has 1 rings (SSSR count). The van der Waals surface area contributed by atoms with E-state index >= 15 is 0 Å². The van der Waals surface area contributed by atoms with E-state index in [0.717, 1.165) is 17.9 Å². The number of hydrogen-bond acceptors (Lipinski definition) is 3. The summed E-state index contributed by atoms with van der Waals surface area (Å²) in [5.41, 5.74) is 6.07. The number of carbonyl (C=O) groups excluding carboxylic acids is 1. The van der Waals surface area contributed by atoms with E-state index < -0.39 is 0 Å². The maximum Gasteiger partial charge on any atom is 0.225 e. The first-order valence-electron chi connectivity index (χ1n) is 6.34. The SMILES string of the molecule is CC(C)CCOc1cccc(NC(=O)CCN)c1. The molecule has 0 saturated heterocycles. The fourth-order valence-corrected chi connectivity index (χ4v) is 1.43. The normalized spacial score (nSPS) is 10.4. The lowest BCUT2D eigenvalue weighted by molar-refractivity contribution is -0.116. The van der Waals surface area contributed by atoms with Gasteiger partial charge in [-0.3, -0.25) is 4.79 Å². The average Bonchev–Trinajstić information content (AvgIpc) is 2.29. The lowest BCUT2D eigenvalue weighted by atomic mass is 10.1. The van der Waals surface area contributed by atoms with Gasteiger partial charge in [0.2, 0.25) is 5.91 Å². The van der Waals surface area contributed by atoms with Crippen LogP contribution in [0.4, 0.5) is 5.69 Å². The zero-order chi connectivity index (χ0) is 13.4. The number of nitrogens with one attached hydrogen (secondary N) is 1. The molecular weight excluding hydrogens is 228 g/mol. The Morgan fingerprint density at radius 2 is 2.22 bits per heavy atom. The maximum atomic E-state index is 11.4. The molecule has 4 nitrogen and oxygen atoms in total. The number of carbonyl (C=O) groups is 1. The summed E-state index contributed by atoms with van der Waals surface area (Å²) in [5, 5.41) is 2.78. The summed E-state index contributed by atoms with van der Waals surface area (Å²) >= 11 is 0. The van der Waals surface area contributed by atoms with Crippen LogP contribution in [0.25, 0.3) is 0 Å². The van der Waals surface area contributed by atoms with Crippen molar-refractivity contribution in [1.82, 2.24) is 0 Å². The summed E-state index contributed by atoms with van der Waals surface area (Å²) in [5.74, 6) is 1.33. The van der Waals surface area contributed by atoms with Crippen molar-refractivity contribution >= 4 is 11.6 Å². The summed E-state index contributed by atoms with van der Waals surface area (Å²) in [7, 11) is 0. The van der Waals surface area contributed by atoms with Crippen LogP contribution in [0.1, 0.15) is 26.7 Å². The van der Waals surface area contributed by atoms with Crippen molar-refractivity contribution in [2.75, 3.05) is 18.5 Å². The average molecular weight is 250 g/mol. The minimum absolute atomic E-state index is 0.0724. The molecule has 0 saturated carbocycles. The summed E-state index contributed by atoms with van der Waals surface area (Å²) in [6.45, 7) is 5.37. The van der Waals surface area contributed by atoms with Gasteiger partial charge < -0.3 is 15.8 Å². The molecule has 1 aromatic rings. The van der Waals surface area contributed by atoms with E-state index in [0.29, 0.717) is 25.5 Å². The number of nitrogens with two attached hydrogens (primary N) is 1. The van der Waals surface area contributed by atoms with Crippen LogP contribution in [0.5, 0.6) is 5.75 Å². The molecule has 0 aromatic heterocycles. The molecule has 0 aliphatic heterocycles. The van der Waals surface area contributed by atoms with E-state index in [1.807, 2.05) is 24.3 Å². The van der Waals surface area contributed by atoms with E-state index in [2.05, 4.69) is 19.2 Å². The number of amides is 1. The molecule has 100 valence electrons. The Kier molecular flexibility index (Phi) is 6.22. The van der Waals surface area contributed by atoms with Gasteiger partial charge in [-0.25, -0.2) is 0 Å². The fourth-order valence-electron chi connectivity index (χ4n) is 1.43. The molecule has 0 aliphatic rings. The third-order valence-corrected chi connectivity index (χ3v) is 2.45. The highest BCUT2D eigenvalue weighted by Gasteiger charge is 2.02. The molecule has 4 heteroatoms. The largest absolute Gasteiger partial charge is 0.494 e. The highest BCUT2D eigenvalue weighted by atomic mass is 16.5. The van der Waals surface area contributed by atoms with Gasteiger partial charge in [0.1, 0.15) is 5.75 Å². The molecule has 1 aromatic carbocycles. The Morgan fingerprint density at radius 3 is 2.89 bits per heavy atom. The number of ether oxygens (including phenoxy) is 1. The van der Waals surface area contributed by atoms with Gasteiger partial charge in [0, 0.05) is 24.7 Å². The van der Waals surface area contributed by atoms with E-state index in [-0.39, 0.29) is 5.91 Å². The zero-order valence-corrected chi connectivity index (χ0v) is 11.1. The third kappa shape index (κ3) is 5.68. The van der Waals surface area contributed by atoms with Crippen LogP contribution < -0.4 is 15.8 Å². The van der Waals surface area contributed by atoms with E-state index in [4.69, 9.17) is 10.5 Å². The van der Waals surface area contributed by atoms with Gasteiger partial charge in [0.25, 0.3) is 0 Å². The number of hydrogen-bond donors (Lipinski definition) is 2. The summed E-state index contributed by atoms with van der Waals surface area (Å²) in [4.78, 5) is 11.4. The van der Waals surface area contributed by atoms with E-state index in [1.54, 1.807) is 0 Å². The van der Waals surface area contributed by atoms with Crippen molar-refractivity contribution in [1.29, 1.82) is 0 Å². The molecule has 0 radical (unpaired) electrons. The molecule has 1 amide bonds. The molecule has 0 fully saturated rings.